The summed E-state index contributed by atoms with van der Waals surface area (Å²) < 4.78 is 19.5. The van der Waals surface area contributed by atoms with Gasteiger partial charge in [-0.3, -0.25) is 0 Å². The molecule has 100 valence electrons. The van der Waals surface area contributed by atoms with Crippen LogP contribution in [0, 0.1) is 11.7 Å². The second-order valence-corrected chi connectivity index (χ2v) is 6.36. The number of hydrogen-bond donors (Lipinski definition) is 0. The van der Waals surface area contributed by atoms with Gasteiger partial charge in [0.25, 0.3) is 0 Å². The smallest absolute Gasteiger partial charge is 0.165 e. The summed E-state index contributed by atoms with van der Waals surface area (Å²) in [5.41, 5.74) is 0.985. The first kappa shape index (κ1) is 13.4. The van der Waals surface area contributed by atoms with Gasteiger partial charge in [0.2, 0.25) is 0 Å². The fourth-order valence-electron chi connectivity index (χ4n) is 2.47. The predicted molar refractivity (Wildman–Crippen MR) is 72.6 cm³/mol. The molecule has 0 aromatic heterocycles. The van der Waals surface area contributed by atoms with Gasteiger partial charge >= 0.3 is 0 Å². The number of halogens is 1. The molecule has 18 heavy (non-hydrogen) atoms. The molecule has 1 aromatic carbocycles. The number of hydrogen-bond acceptors (Lipinski definition) is 1. The molecule has 2 rings (SSSR count). The van der Waals surface area contributed by atoms with Crippen LogP contribution in [0.15, 0.2) is 18.2 Å². The Bertz CT molecular complexity index is 400. The Morgan fingerprint density at radius 2 is 1.89 bits per heavy atom. The minimum Gasteiger partial charge on any atom is -0.490 e. The highest BCUT2D eigenvalue weighted by Crippen LogP contribution is 2.29. The fourth-order valence-corrected chi connectivity index (χ4v) is 2.47. The molecule has 1 aromatic rings. The van der Waals surface area contributed by atoms with Crippen LogP contribution in [0.25, 0.3) is 0 Å². The Morgan fingerprint density at radius 3 is 2.44 bits per heavy atom. The normalized spacial score (nSPS) is 17.1. The van der Waals surface area contributed by atoms with Crippen molar-refractivity contribution in [3.05, 3.63) is 29.6 Å². The van der Waals surface area contributed by atoms with Gasteiger partial charge in [0, 0.05) is 0 Å². The molecule has 0 aliphatic heterocycles. The van der Waals surface area contributed by atoms with Gasteiger partial charge in [0.05, 0.1) is 6.61 Å². The molecule has 2 heteroatoms. The van der Waals surface area contributed by atoms with E-state index in [4.69, 9.17) is 4.74 Å². The van der Waals surface area contributed by atoms with Crippen molar-refractivity contribution in [1.82, 2.24) is 0 Å². The molecule has 1 nitrogen and oxygen atoms in total. The summed E-state index contributed by atoms with van der Waals surface area (Å²) >= 11 is 0. The molecule has 0 amide bonds. The third-order valence-corrected chi connectivity index (χ3v) is 3.75. The van der Waals surface area contributed by atoms with E-state index in [9.17, 15) is 4.39 Å². The summed E-state index contributed by atoms with van der Waals surface area (Å²) in [6.07, 6.45) is 5.03. The van der Waals surface area contributed by atoms with E-state index < -0.39 is 0 Å². The maximum atomic E-state index is 13.9. The van der Waals surface area contributed by atoms with Crippen molar-refractivity contribution < 1.29 is 9.13 Å². The van der Waals surface area contributed by atoms with E-state index in [-0.39, 0.29) is 11.2 Å². The highest BCUT2D eigenvalue weighted by Gasteiger charge is 2.18. The van der Waals surface area contributed by atoms with Crippen molar-refractivity contribution in [2.75, 3.05) is 6.61 Å². The molecule has 0 bridgehead atoms. The zero-order valence-corrected chi connectivity index (χ0v) is 11.6. The molecule has 0 N–H and O–H groups in total. The van der Waals surface area contributed by atoms with E-state index >= 15 is 0 Å². The Labute approximate surface area is 109 Å². The lowest BCUT2D eigenvalue weighted by atomic mass is 9.87. The minimum absolute atomic E-state index is 0.0230. The van der Waals surface area contributed by atoms with E-state index in [2.05, 4.69) is 20.8 Å². The Kier molecular flexibility index (Phi) is 3.94. The van der Waals surface area contributed by atoms with E-state index in [0.717, 1.165) is 5.56 Å². The van der Waals surface area contributed by atoms with Crippen LogP contribution >= 0.6 is 0 Å². The Balaban J connectivity index is 2.01. The monoisotopic (exact) mass is 250 g/mol. The molecule has 1 fully saturated rings. The SMILES string of the molecule is CC(C)(C)c1ccc(OCC2CCCC2)c(F)c1. The fraction of sp³-hybridized carbons (Fsp3) is 0.625. The summed E-state index contributed by atoms with van der Waals surface area (Å²) in [6, 6.07) is 5.34. The van der Waals surface area contributed by atoms with Crippen LogP contribution in [0.4, 0.5) is 4.39 Å². The van der Waals surface area contributed by atoms with Gasteiger partial charge in [-0.05, 0) is 41.9 Å². The summed E-state index contributed by atoms with van der Waals surface area (Å²) in [5.74, 6) is 0.780. The number of benzene rings is 1. The topological polar surface area (TPSA) is 9.23 Å². The highest BCUT2D eigenvalue weighted by molar-refractivity contribution is 5.32. The summed E-state index contributed by atoms with van der Waals surface area (Å²) in [4.78, 5) is 0. The molecule has 0 radical (unpaired) electrons. The van der Waals surface area contributed by atoms with E-state index in [1.54, 1.807) is 12.1 Å². The van der Waals surface area contributed by atoms with Gasteiger partial charge in [-0.2, -0.15) is 0 Å². The summed E-state index contributed by atoms with van der Waals surface area (Å²) in [5, 5.41) is 0. The molecule has 0 atom stereocenters. The lowest BCUT2D eigenvalue weighted by Gasteiger charge is -2.20. The average Bonchev–Trinajstić information content (AvgIpc) is 2.79. The van der Waals surface area contributed by atoms with Crippen LogP contribution in [0.2, 0.25) is 0 Å². The van der Waals surface area contributed by atoms with Crippen molar-refractivity contribution >= 4 is 0 Å². The van der Waals surface area contributed by atoms with Crippen molar-refractivity contribution in [2.45, 2.75) is 51.9 Å². The molecule has 0 saturated heterocycles. The molecular formula is C16H23FO. The highest BCUT2D eigenvalue weighted by atomic mass is 19.1. The summed E-state index contributed by atoms with van der Waals surface area (Å²) in [6.45, 7) is 6.91. The first-order chi connectivity index (χ1) is 8.47. The number of rotatable bonds is 3. The standard InChI is InChI=1S/C16H23FO/c1-16(2,3)13-8-9-15(14(17)10-13)18-11-12-6-4-5-7-12/h8-10,12H,4-7,11H2,1-3H3. The van der Waals surface area contributed by atoms with E-state index in [1.807, 2.05) is 6.07 Å². The maximum Gasteiger partial charge on any atom is 0.165 e. The second kappa shape index (κ2) is 5.29. The van der Waals surface area contributed by atoms with Gasteiger partial charge in [-0.1, -0.05) is 39.7 Å². The zero-order valence-electron chi connectivity index (χ0n) is 11.6. The third-order valence-electron chi connectivity index (χ3n) is 3.75. The largest absolute Gasteiger partial charge is 0.490 e. The van der Waals surface area contributed by atoms with E-state index in [1.165, 1.54) is 25.7 Å². The Morgan fingerprint density at radius 1 is 1.22 bits per heavy atom. The first-order valence-corrected chi connectivity index (χ1v) is 6.89. The average molecular weight is 250 g/mol. The van der Waals surface area contributed by atoms with Crippen LogP contribution < -0.4 is 4.74 Å². The molecule has 0 heterocycles. The van der Waals surface area contributed by atoms with Crippen molar-refractivity contribution in [3.63, 3.8) is 0 Å². The predicted octanol–water partition coefficient (Wildman–Crippen LogP) is 4.69. The molecular weight excluding hydrogens is 227 g/mol. The van der Waals surface area contributed by atoms with Crippen LogP contribution in [0.3, 0.4) is 0 Å². The van der Waals surface area contributed by atoms with Crippen LogP contribution in [-0.2, 0) is 5.41 Å². The molecule has 1 aliphatic rings. The van der Waals surface area contributed by atoms with Gasteiger partial charge < -0.3 is 4.74 Å². The molecule has 1 saturated carbocycles. The van der Waals surface area contributed by atoms with Crippen molar-refractivity contribution in [2.24, 2.45) is 5.92 Å². The van der Waals surface area contributed by atoms with Gasteiger partial charge in [-0.15, -0.1) is 0 Å². The molecule has 0 spiro atoms. The molecule has 0 unspecified atom stereocenters. The van der Waals surface area contributed by atoms with Crippen molar-refractivity contribution in [3.8, 4) is 5.75 Å². The van der Waals surface area contributed by atoms with Gasteiger partial charge in [-0.25, -0.2) is 4.39 Å². The van der Waals surface area contributed by atoms with Crippen molar-refractivity contribution in [1.29, 1.82) is 0 Å². The Hall–Kier alpha value is -1.05. The second-order valence-electron chi connectivity index (χ2n) is 6.36. The lowest BCUT2D eigenvalue weighted by molar-refractivity contribution is 0.242. The first-order valence-electron chi connectivity index (χ1n) is 6.89. The van der Waals surface area contributed by atoms with Crippen LogP contribution in [-0.4, -0.2) is 6.61 Å². The van der Waals surface area contributed by atoms with E-state index in [0.29, 0.717) is 18.3 Å². The molecule has 1 aliphatic carbocycles. The van der Waals surface area contributed by atoms with Gasteiger partial charge in [0.1, 0.15) is 0 Å². The zero-order chi connectivity index (χ0) is 13.2. The van der Waals surface area contributed by atoms with Gasteiger partial charge in [0.15, 0.2) is 11.6 Å². The maximum absolute atomic E-state index is 13.9. The minimum atomic E-state index is -0.236. The number of ether oxygens (including phenoxy) is 1. The summed E-state index contributed by atoms with van der Waals surface area (Å²) in [7, 11) is 0. The van der Waals surface area contributed by atoms with Crippen LogP contribution in [0.5, 0.6) is 5.75 Å². The third kappa shape index (κ3) is 3.24. The van der Waals surface area contributed by atoms with Crippen LogP contribution in [0.1, 0.15) is 52.0 Å². The quantitative estimate of drug-likeness (QED) is 0.756. The lowest BCUT2D eigenvalue weighted by Crippen LogP contribution is -2.12.